The van der Waals surface area contributed by atoms with Crippen LogP contribution in [0.15, 0.2) is 180 Å². The van der Waals surface area contributed by atoms with Crippen molar-refractivity contribution in [3.05, 3.63) is 192 Å². The minimum absolute atomic E-state index is 0. The van der Waals surface area contributed by atoms with E-state index in [9.17, 15) is 20.4 Å². The maximum atomic E-state index is 11.1. The van der Waals surface area contributed by atoms with Crippen molar-refractivity contribution < 1.29 is 62.6 Å². The molecule has 0 unspecified atom stereocenters. The maximum Gasteiger partial charge on any atom is 0.125 e. The van der Waals surface area contributed by atoms with Crippen molar-refractivity contribution in [2.45, 2.75) is 39.5 Å². The van der Waals surface area contributed by atoms with Gasteiger partial charge in [0.2, 0.25) is 0 Å². The number of pyridine rings is 2. The van der Waals surface area contributed by atoms with Crippen LogP contribution in [0.3, 0.4) is 0 Å². The number of aromatic nitrogens is 2. The number of aromatic hydroxyl groups is 4. The van der Waals surface area contributed by atoms with E-state index in [1.807, 2.05) is 121 Å². The molecule has 9 rings (SSSR count). The van der Waals surface area contributed by atoms with Gasteiger partial charge in [0.1, 0.15) is 23.0 Å². The largest absolute Gasteiger partial charge is 0.507 e. The molecule has 0 spiro atoms. The van der Waals surface area contributed by atoms with Gasteiger partial charge in [0.15, 0.2) is 0 Å². The van der Waals surface area contributed by atoms with Gasteiger partial charge in [-0.2, -0.15) is 0 Å². The molecule has 2 heterocycles. The van der Waals surface area contributed by atoms with Crippen LogP contribution in [0.25, 0.3) is 55.2 Å². The van der Waals surface area contributed by atoms with Crippen molar-refractivity contribution in [2.75, 3.05) is 0 Å². The molecule has 2 aromatic heterocycles. The molecule has 9 aromatic rings. The van der Waals surface area contributed by atoms with Crippen LogP contribution < -0.4 is 0 Å². The minimum Gasteiger partial charge on any atom is -0.507 e. The number of fused-ring (bicyclic) bond motifs is 2. The summed E-state index contributed by atoms with van der Waals surface area (Å²) in [7, 11) is 0. The molecule has 10 heteroatoms. The van der Waals surface area contributed by atoms with Crippen molar-refractivity contribution in [3.8, 4) is 56.6 Å². The summed E-state index contributed by atoms with van der Waals surface area (Å²) in [5.74, 6) is 1.51. The number of aliphatic imine (C=N–C) groups is 2. The SMILES string of the molecule is CC(C)c1cccc(C(C)C)c1-c1ccc(-c2cccc(C=Nc3cccc4cccc(O)c34)n2)c(O)c1.Oc1ccccc1-c1cccc(C=Nc2cccc3cccc(O)c23)n1.[Pt].[Pt]. The van der Waals surface area contributed by atoms with Crippen molar-refractivity contribution in [2.24, 2.45) is 9.98 Å². The van der Waals surface area contributed by atoms with Crippen LogP contribution in [0.2, 0.25) is 0 Å². The summed E-state index contributed by atoms with van der Waals surface area (Å²) >= 11 is 0. The van der Waals surface area contributed by atoms with Crippen LogP contribution in [0.4, 0.5) is 11.4 Å². The van der Waals surface area contributed by atoms with Gasteiger partial charge in [0, 0.05) is 64.0 Å². The standard InChI is InChI=1S/C34H32N2O2.C22H16N2O2.2Pt/c1-21(2)26-12-8-13-27(22(3)4)33(26)24-17-18-28(32(38)19-24)29-14-7-11-25(36-29)20-35-30-15-5-9-23-10-6-16-31(37)34(23)30;25-20-12-2-1-9-17(20)18-10-5-8-16(24-18)14-23-19-11-3-6-15-7-4-13-21(26)22(15)19;;/h5-22,37-38H,1-4H3;1-14,25-26H;;. The van der Waals surface area contributed by atoms with E-state index < -0.39 is 0 Å². The summed E-state index contributed by atoms with van der Waals surface area (Å²) in [6, 6.07) is 52.9. The zero-order chi connectivity index (χ0) is 44.7. The number of nitrogens with zero attached hydrogens (tertiary/aromatic N) is 4. The van der Waals surface area contributed by atoms with Gasteiger partial charge in [-0.15, -0.1) is 0 Å². The molecule has 336 valence electrons. The zero-order valence-corrected chi connectivity index (χ0v) is 41.2. The first-order valence-corrected chi connectivity index (χ1v) is 21.2. The van der Waals surface area contributed by atoms with Crippen LogP contribution in [-0.4, -0.2) is 42.8 Å². The first-order valence-electron chi connectivity index (χ1n) is 21.2. The number of phenols is 4. The van der Waals surface area contributed by atoms with Gasteiger partial charge >= 0.3 is 0 Å². The smallest absolute Gasteiger partial charge is 0.125 e. The molecule has 0 amide bonds. The molecule has 0 atom stereocenters. The fourth-order valence-electron chi connectivity index (χ4n) is 7.92. The Bertz CT molecular complexity index is 3170. The topological polar surface area (TPSA) is 131 Å². The molecular weight excluding hydrogens is 1180 g/mol. The Morgan fingerprint density at radius 3 is 1.32 bits per heavy atom. The average molecular weight is 1230 g/mol. The molecule has 0 aliphatic heterocycles. The Morgan fingerprint density at radius 2 is 0.848 bits per heavy atom. The van der Waals surface area contributed by atoms with Gasteiger partial charge in [0.25, 0.3) is 0 Å². The second kappa shape index (κ2) is 22.0. The second-order valence-corrected chi connectivity index (χ2v) is 16.1. The predicted molar refractivity (Wildman–Crippen MR) is 262 cm³/mol. The Morgan fingerprint density at radius 1 is 0.424 bits per heavy atom. The van der Waals surface area contributed by atoms with Crippen LogP contribution >= 0.6 is 0 Å². The number of hydrogen-bond donors (Lipinski definition) is 4. The third kappa shape index (κ3) is 10.9. The van der Waals surface area contributed by atoms with Crippen molar-refractivity contribution in [1.29, 1.82) is 0 Å². The number of para-hydroxylation sites is 1. The molecule has 7 aromatic carbocycles. The maximum absolute atomic E-state index is 11.1. The van der Waals surface area contributed by atoms with E-state index in [0.29, 0.717) is 67.9 Å². The van der Waals surface area contributed by atoms with Crippen molar-refractivity contribution in [1.82, 2.24) is 9.97 Å². The minimum atomic E-state index is 0. The summed E-state index contributed by atoms with van der Waals surface area (Å²) in [4.78, 5) is 18.4. The number of hydrogen-bond acceptors (Lipinski definition) is 8. The molecule has 0 radical (unpaired) electrons. The first kappa shape index (κ1) is 48.7. The molecule has 0 saturated carbocycles. The summed E-state index contributed by atoms with van der Waals surface area (Å²) in [6.45, 7) is 8.81. The molecule has 8 nitrogen and oxygen atoms in total. The van der Waals surface area contributed by atoms with E-state index >= 15 is 0 Å². The number of benzene rings is 7. The molecule has 66 heavy (non-hydrogen) atoms. The molecular formula is C56H48N4O4Pt2. The van der Waals surface area contributed by atoms with Gasteiger partial charge in [-0.3, -0.25) is 9.98 Å². The van der Waals surface area contributed by atoms with E-state index in [-0.39, 0.29) is 65.1 Å². The van der Waals surface area contributed by atoms with Gasteiger partial charge in [-0.1, -0.05) is 125 Å². The van der Waals surface area contributed by atoms with Crippen LogP contribution in [0.5, 0.6) is 23.0 Å². The quantitative estimate of drug-likeness (QED) is 0.106. The summed E-state index contributed by atoms with van der Waals surface area (Å²) < 4.78 is 0. The first-order chi connectivity index (χ1) is 31.0. The summed E-state index contributed by atoms with van der Waals surface area (Å²) in [6.07, 6.45) is 3.34. The Kier molecular flexibility index (Phi) is 16.2. The third-order valence-corrected chi connectivity index (χ3v) is 11.0. The van der Waals surface area contributed by atoms with E-state index in [1.165, 1.54) is 16.7 Å². The fourth-order valence-corrected chi connectivity index (χ4v) is 7.92. The molecule has 0 aliphatic rings. The molecule has 0 fully saturated rings. The predicted octanol–water partition coefficient (Wildman–Crippen LogP) is 14.0. The monoisotopic (exact) mass is 1230 g/mol. The molecule has 4 N–H and O–H groups in total. The van der Waals surface area contributed by atoms with E-state index in [2.05, 4.69) is 66.9 Å². The second-order valence-electron chi connectivity index (χ2n) is 16.1. The van der Waals surface area contributed by atoms with Gasteiger partial charge in [-0.05, 0) is 118 Å². The van der Waals surface area contributed by atoms with Gasteiger partial charge in [0.05, 0.1) is 46.6 Å². The Labute approximate surface area is 413 Å². The fraction of sp³-hybridized carbons (Fsp3) is 0.107. The summed E-state index contributed by atoms with van der Waals surface area (Å²) in [5.41, 5.74) is 10.1. The van der Waals surface area contributed by atoms with E-state index in [0.717, 1.165) is 16.3 Å². The Hall–Kier alpha value is -6.72. The van der Waals surface area contributed by atoms with E-state index in [1.54, 1.807) is 36.7 Å². The van der Waals surface area contributed by atoms with E-state index in [4.69, 9.17) is 4.98 Å². The average Bonchev–Trinajstić information content (AvgIpc) is 3.30. The third-order valence-electron chi connectivity index (χ3n) is 11.0. The van der Waals surface area contributed by atoms with Crippen LogP contribution in [0, 0.1) is 0 Å². The van der Waals surface area contributed by atoms with Gasteiger partial charge in [-0.25, -0.2) is 9.97 Å². The normalized spacial score (nSPS) is 11.2. The van der Waals surface area contributed by atoms with Crippen LogP contribution in [-0.2, 0) is 42.1 Å². The van der Waals surface area contributed by atoms with Crippen molar-refractivity contribution in [3.63, 3.8) is 0 Å². The van der Waals surface area contributed by atoms with Crippen LogP contribution in [0.1, 0.15) is 62.0 Å². The Balaban J connectivity index is 0.000000226. The zero-order valence-electron chi connectivity index (χ0n) is 36.7. The van der Waals surface area contributed by atoms with Gasteiger partial charge < -0.3 is 20.4 Å². The number of phenolic OH excluding ortho intramolecular Hbond substituents is 4. The molecule has 0 bridgehead atoms. The van der Waals surface area contributed by atoms with Crippen molar-refractivity contribution >= 4 is 45.3 Å². The summed E-state index contributed by atoms with van der Waals surface area (Å²) in [5, 5.41) is 44.9. The molecule has 0 saturated heterocycles. The number of rotatable bonds is 9. The molecule has 0 aliphatic carbocycles.